The summed E-state index contributed by atoms with van der Waals surface area (Å²) in [6, 6.07) is 8.11. The lowest BCUT2D eigenvalue weighted by Gasteiger charge is -2.26. The van der Waals surface area contributed by atoms with Gasteiger partial charge in [-0.2, -0.15) is 0 Å². The molecule has 3 heteroatoms. The Kier molecular flexibility index (Phi) is 4.91. The van der Waals surface area contributed by atoms with Gasteiger partial charge in [0.15, 0.2) is 0 Å². The van der Waals surface area contributed by atoms with Crippen molar-refractivity contribution in [2.45, 2.75) is 57.0 Å². The van der Waals surface area contributed by atoms with Crippen molar-refractivity contribution in [3.05, 3.63) is 29.8 Å². The molecule has 3 nitrogen and oxygen atoms in total. The van der Waals surface area contributed by atoms with Gasteiger partial charge in [0.05, 0.1) is 12.7 Å². The maximum atomic E-state index is 12.3. The smallest absolute Gasteiger partial charge is 0.133 e. The summed E-state index contributed by atoms with van der Waals surface area (Å²) in [5.74, 6) is 1.65. The van der Waals surface area contributed by atoms with E-state index in [1.807, 2.05) is 18.2 Å². The molecule has 1 saturated heterocycles. The molecule has 114 valence electrons. The topological polar surface area (TPSA) is 35.5 Å². The fourth-order valence-corrected chi connectivity index (χ4v) is 3.36. The van der Waals surface area contributed by atoms with Crippen molar-refractivity contribution in [3.63, 3.8) is 0 Å². The maximum Gasteiger partial charge on any atom is 0.133 e. The SMILES string of the molecule is O=C(CCC1CCCCO1)CC1CCOc2ccccc21. The molecule has 1 aromatic rings. The van der Waals surface area contributed by atoms with Gasteiger partial charge in [-0.1, -0.05) is 18.2 Å². The van der Waals surface area contributed by atoms with Gasteiger partial charge < -0.3 is 9.47 Å². The van der Waals surface area contributed by atoms with E-state index in [1.165, 1.54) is 18.4 Å². The Hall–Kier alpha value is -1.35. The van der Waals surface area contributed by atoms with Crippen LogP contribution in [0.2, 0.25) is 0 Å². The first-order valence-corrected chi connectivity index (χ1v) is 8.18. The largest absolute Gasteiger partial charge is 0.493 e. The molecule has 2 aliphatic rings. The fourth-order valence-electron chi connectivity index (χ4n) is 3.36. The quantitative estimate of drug-likeness (QED) is 0.825. The molecule has 2 unspecified atom stereocenters. The highest BCUT2D eigenvalue weighted by Gasteiger charge is 2.24. The van der Waals surface area contributed by atoms with Crippen LogP contribution in [-0.4, -0.2) is 25.1 Å². The number of para-hydroxylation sites is 1. The summed E-state index contributed by atoms with van der Waals surface area (Å²) >= 11 is 0. The van der Waals surface area contributed by atoms with Gasteiger partial charge in [0.2, 0.25) is 0 Å². The number of hydrogen-bond donors (Lipinski definition) is 0. The fraction of sp³-hybridized carbons (Fsp3) is 0.611. The maximum absolute atomic E-state index is 12.3. The lowest BCUT2D eigenvalue weighted by Crippen LogP contribution is -2.21. The van der Waals surface area contributed by atoms with Gasteiger partial charge in [-0.3, -0.25) is 4.79 Å². The molecule has 0 saturated carbocycles. The first-order chi connectivity index (χ1) is 10.3. The molecule has 0 aromatic heterocycles. The van der Waals surface area contributed by atoms with E-state index in [1.54, 1.807) is 0 Å². The van der Waals surface area contributed by atoms with E-state index in [9.17, 15) is 4.79 Å². The average molecular weight is 288 g/mol. The van der Waals surface area contributed by atoms with E-state index in [0.29, 0.717) is 30.6 Å². The van der Waals surface area contributed by atoms with Gasteiger partial charge in [0, 0.05) is 19.4 Å². The molecule has 0 bridgehead atoms. The van der Waals surface area contributed by atoms with Crippen molar-refractivity contribution in [1.82, 2.24) is 0 Å². The minimum Gasteiger partial charge on any atom is -0.493 e. The Morgan fingerprint density at radius 1 is 1.14 bits per heavy atom. The third kappa shape index (κ3) is 3.85. The second-order valence-corrected chi connectivity index (χ2v) is 6.14. The summed E-state index contributed by atoms with van der Waals surface area (Å²) in [6.07, 6.45) is 6.98. The second kappa shape index (κ2) is 7.08. The summed E-state index contributed by atoms with van der Waals surface area (Å²) < 4.78 is 11.4. The molecule has 2 heterocycles. The lowest BCUT2D eigenvalue weighted by molar-refractivity contribution is -0.120. The molecule has 21 heavy (non-hydrogen) atoms. The highest BCUT2D eigenvalue weighted by Crippen LogP contribution is 2.35. The summed E-state index contributed by atoms with van der Waals surface area (Å²) in [7, 11) is 0. The monoisotopic (exact) mass is 288 g/mol. The first-order valence-electron chi connectivity index (χ1n) is 8.18. The standard InChI is InChI=1S/C18H24O3/c19-15(8-9-16-5-3-4-11-20-16)13-14-10-12-21-18-7-2-1-6-17(14)18/h1-2,6-7,14,16H,3-5,8-13H2. The van der Waals surface area contributed by atoms with Crippen LogP contribution in [0.25, 0.3) is 0 Å². The average Bonchev–Trinajstić information content (AvgIpc) is 2.54. The number of Topliss-reactive ketones (excluding diaryl/α,β-unsaturated/α-hetero) is 1. The van der Waals surface area contributed by atoms with Crippen molar-refractivity contribution in [1.29, 1.82) is 0 Å². The highest BCUT2D eigenvalue weighted by molar-refractivity contribution is 5.79. The number of carbonyl (C=O) groups is 1. The molecule has 2 atom stereocenters. The predicted octanol–water partition coefficient (Wildman–Crippen LogP) is 3.86. The van der Waals surface area contributed by atoms with Crippen LogP contribution in [-0.2, 0) is 9.53 Å². The van der Waals surface area contributed by atoms with E-state index >= 15 is 0 Å². The molecular weight excluding hydrogens is 264 g/mol. The van der Waals surface area contributed by atoms with Crippen LogP contribution < -0.4 is 4.74 Å². The predicted molar refractivity (Wildman–Crippen MR) is 81.7 cm³/mol. The molecule has 1 fully saturated rings. The van der Waals surface area contributed by atoms with Crippen molar-refractivity contribution in [2.75, 3.05) is 13.2 Å². The van der Waals surface area contributed by atoms with E-state index in [-0.39, 0.29) is 0 Å². The van der Waals surface area contributed by atoms with E-state index < -0.39 is 0 Å². The molecule has 0 amide bonds. The van der Waals surface area contributed by atoms with Gasteiger partial charge in [0.25, 0.3) is 0 Å². The van der Waals surface area contributed by atoms with E-state index in [2.05, 4.69) is 6.07 Å². The normalized spacial score (nSPS) is 25.0. The molecule has 0 aliphatic carbocycles. The van der Waals surface area contributed by atoms with E-state index in [4.69, 9.17) is 9.47 Å². The third-order valence-electron chi connectivity index (χ3n) is 4.58. The van der Waals surface area contributed by atoms with Crippen molar-refractivity contribution < 1.29 is 14.3 Å². The van der Waals surface area contributed by atoms with Crippen LogP contribution in [0.15, 0.2) is 24.3 Å². The molecule has 2 aliphatic heterocycles. The number of fused-ring (bicyclic) bond motifs is 1. The molecule has 3 rings (SSSR count). The zero-order chi connectivity index (χ0) is 14.5. The van der Waals surface area contributed by atoms with Gasteiger partial charge in [0.1, 0.15) is 11.5 Å². The molecular formula is C18H24O3. The van der Waals surface area contributed by atoms with Gasteiger partial charge in [-0.05, 0) is 49.7 Å². The van der Waals surface area contributed by atoms with Crippen molar-refractivity contribution in [2.24, 2.45) is 0 Å². The Balaban J connectivity index is 1.51. The van der Waals surface area contributed by atoms with Gasteiger partial charge in [-0.15, -0.1) is 0 Å². The summed E-state index contributed by atoms with van der Waals surface area (Å²) in [4.78, 5) is 12.3. The van der Waals surface area contributed by atoms with Crippen LogP contribution >= 0.6 is 0 Å². The summed E-state index contributed by atoms with van der Waals surface area (Å²) in [5.41, 5.74) is 1.20. The molecule has 1 aromatic carbocycles. The van der Waals surface area contributed by atoms with Crippen LogP contribution in [0, 0.1) is 0 Å². The zero-order valence-corrected chi connectivity index (χ0v) is 12.6. The van der Waals surface area contributed by atoms with Crippen LogP contribution in [0.4, 0.5) is 0 Å². The minimum atomic E-state index is 0.310. The summed E-state index contributed by atoms with van der Waals surface area (Å²) in [6.45, 7) is 1.59. The molecule has 0 radical (unpaired) electrons. The lowest BCUT2D eigenvalue weighted by atomic mass is 9.87. The van der Waals surface area contributed by atoms with Crippen LogP contribution in [0.3, 0.4) is 0 Å². The Morgan fingerprint density at radius 2 is 2.05 bits per heavy atom. The number of ether oxygens (including phenoxy) is 2. The Bertz CT molecular complexity index is 477. The molecule has 0 spiro atoms. The zero-order valence-electron chi connectivity index (χ0n) is 12.6. The van der Waals surface area contributed by atoms with Gasteiger partial charge in [-0.25, -0.2) is 0 Å². The van der Waals surface area contributed by atoms with Crippen molar-refractivity contribution in [3.8, 4) is 5.75 Å². The Labute approximate surface area is 126 Å². The number of hydrogen-bond acceptors (Lipinski definition) is 3. The summed E-state index contributed by atoms with van der Waals surface area (Å²) in [5, 5.41) is 0. The highest BCUT2D eigenvalue weighted by atomic mass is 16.5. The number of carbonyl (C=O) groups excluding carboxylic acids is 1. The number of benzene rings is 1. The first kappa shape index (κ1) is 14.6. The van der Waals surface area contributed by atoms with Crippen molar-refractivity contribution >= 4 is 5.78 Å². The molecule has 0 N–H and O–H groups in total. The number of ketones is 1. The van der Waals surface area contributed by atoms with Crippen LogP contribution in [0.1, 0.15) is 56.4 Å². The third-order valence-corrected chi connectivity index (χ3v) is 4.58. The van der Waals surface area contributed by atoms with Gasteiger partial charge >= 0.3 is 0 Å². The number of rotatable bonds is 5. The Morgan fingerprint density at radius 3 is 2.90 bits per heavy atom. The minimum absolute atomic E-state index is 0.310. The van der Waals surface area contributed by atoms with E-state index in [0.717, 1.165) is 38.2 Å². The van der Waals surface area contributed by atoms with Crippen LogP contribution in [0.5, 0.6) is 5.75 Å². The second-order valence-electron chi connectivity index (χ2n) is 6.14.